The second kappa shape index (κ2) is 16.0. The fraction of sp³-hybridized carbons (Fsp3) is 0.182. The number of benzene rings is 5. The molecule has 249 valence electrons. The van der Waals surface area contributed by atoms with Gasteiger partial charge < -0.3 is 9.13 Å². The van der Waals surface area contributed by atoms with Gasteiger partial charge >= 0.3 is 0 Å². The summed E-state index contributed by atoms with van der Waals surface area (Å²) in [5, 5.41) is 0. The molecule has 0 aliphatic carbocycles. The van der Waals surface area contributed by atoms with Crippen LogP contribution in [-0.2, 0) is 20.1 Å². The van der Waals surface area contributed by atoms with Crippen molar-refractivity contribution in [2.75, 3.05) is 0 Å². The van der Waals surface area contributed by atoms with Crippen LogP contribution in [0.2, 0.25) is 0 Å². The zero-order valence-electron chi connectivity index (χ0n) is 29.0. The molecule has 49 heavy (non-hydrogen) atoms. The number of hydrogen-bond donors (Lipinski definition) is 0. The molecule has 0 amide bonds. The minimum atomic E-state index is 0. The molecule has 0 saturated heterocycles. The molecular formula is C44H42IrN4-2. The molecule has 0 bridgehead atoms. The third-order valence-electron chi connectivity index (χ3n) is 8.62. The molecule has 5 aromatic carbocycles. The molecule has 0 fully saturated rings. The van der Waals surface area contributed by atoms with Gasteiger partial charge in [-0.25, -0.2) is 0 Å². The van der Waals surface area contributed by atoms with Gasteiger partial charge in [0, 0.05) is 56.3 Å². The third-order valence-corrected chi connectivity index (χ3v) is 8.62. The van der Waals surface area contributed by atoms with Gasteiger partial charge in [-0.15, -0.1) is 71.8 Å². The number of imidazole rings is 2. The predicted octanol–water partition coefficient (Wildman–Crippen LogP) is 11.2. The van der Waals surface area contributed by atoms with Gasteiger partial charge in [-0.3, -0.25) is 9.97 Å². The summed E-state index contributed by atoms with van der Waals surface area (Å²) >= 11 is 0. The number of aromatic nitrogens is 4. The summed E-state index contributed by atoms with van der Waals surface area (Å²) in [6.45, 7) is 13.3. The van der Waals surface area contributed by atoms with Crippen LogP contribution in [0, 0.1) is 26.0 Å². The van der Waals surface area contributed by atoms with E-state index in [2.05, 4.69) is 146 Å². The molecule has 0 saturated carbocycles. The Bertz CT molecular complexity index is 2040. The summed E-state index contributed by atoms with van der Waals surface area (Å²) in [5.74, 6) is 2.64. The second-order valence-electron chi connectivity index (χ2n) is 12.7. The first kappa shape index (κ1) is 35.5. The maximum Gasteiger partial charge on any atom is 0.0602 e. The van der Waals surface area contributed by atoms with Gasteiger partial charge in [0.15, 0.2) is 0 Å². The maximum absolute atomic E-state index is 4.68. The van der Waals surface area contributed by atoms with E-state index in [0.29, 0.717) is 11.8 Å². The van der Waals surface area contributed by atoms with Crippen LogP contribution in [0.25, 0.3) is 45.3 Å². The van der Waals surface area contributed by atoms with Crippen molar-refractivity contribution in [3.63, 3.8) is 0 Å². The van der Waals surface area contributed by atoms with Crippen LogP contribution < -0.4 is 0 Å². The molecule has 0 spiro atoms. The maximum atomic E-state index is 4.68. The summed E-state index contributed by atoms with van der Waals surface area (Å²) in [6.07, 6.45) is 7.80. The van der Waals surface area contributed by atoms with E-state index in [1.807, 2.05) is 61.1 Å². The molecule has 2 heterocycles. The van der Waals surface area contributed by atoms with E-state index in [4.69, 9.17) is 0 Å². The van der Waals surface area contributed by atoms with Crippen molar-refractivity contribution in [2.45, 2.75) is 53.4 Å². The van der Waals surface area contributed by atoms with Crippen molar-refractivity contribution in [2.24, 2.45) is 0 Å². The SMILES string of the molecule is CC(C)c1cc(-c2ccccc2)cc(C(C)C)c1-n1ccnc1-c1[c-]cccc1.Cc1cccc(C)c1-n1ccnc1-c1[c-]cccc1.[Ir]. The summed E-state index contributed by atoms with van der Waals surface area (Å²) in [6, 6.07) is 44.2. The smallest absolute Gasteiger partial charge is 0.0602 e. The van der Waals surface area contributed by atoms with Gasteiger partial charge in [-0.1, -0.05) is 76.2 Å². The van der Waals surface area contributed by atoms with E-state index >= 15 is 0 Å². The van der Waals surface area contributed by atoms with E-state index in [-0.39, 0.29) is 20.1 Å². The third kappa shape index (κ3) is 7.75. The predicted molar refractivity (Wildman–Crippen MR) is 199 cm³/mol. The van der Waals surface area contributed by atoms with Crippen LogP contribution in [0.5, 0.6) is 0 Å². The van der Waals surface area contributed by atoms with E-state index < -0.39 is 0 Å². The Hall–Kier alpha value is -4.83. The Morgan fingerprint density at radius 1 is 0.531 bits per heavy atom. The Labute approximate surface area is 304 Å². The fourth-order valence-electron chi connectivity index (χ4n) is 6.25. The van der Waals surface area contributed by atoms with Crippen LogP contribution in [-0.4, -0.2) is 19.1 Å². The molecule has 0 aliphatic heterocycles. The average molecular weight is 819 g/mol. The van der Waals surface area contributed by atoms with E-state index in [1.54, 1.807) is 0 Å². The number of rotatable bonds is 7. The Kier molecular flexibility index (Phi) is 11.6. The van der Waals surface area contributed by atoms with Gasteiger partial charge in [0.2, 0.25) is 0 Å². The summed E-state index contributed by atoms with van der Waals surface area (Å²) in [5.41, 5.74) is 12.2. The van der Waals surface area contributed by atoms with Crippen LogP contribution in [0.3, 0.4) is 0 Å². The molecule has 0 aliphatic rings. The van der Waals surface area contributed by atoms with Gasteiger partial charge in [0.05, 0.1) is 11.6 Å². The zero-order valence-corrected chi connectivity index (χ0v) is 31.4. The van der Waals surface area contributed by atoms with Gasteiger partial charge in [0.1, 0.15) is 0 Å². The van der Waals surface area contributed by atoms with Gasteiger partial charge in [0.25, 0.3) is 0 Å². The number of para-hydroxylation sites is 1. The van der Waals surface area contributed by atoms with Crippen molar-refractivity contribution < 1.29 is 20.1 Å². The van der Waals surface area contributed by atoms with Crippen LogP contribution in [0.15, 0.2) is 134 Å². The second-order valence-corrected chi connectivity index (χ2v) is 12.7. The van der Waals surface area contributed by atoms with Crippen LogP contribution in [0.1, 0.15) is 61.8 Å². The first-order chi connectivity index (χ1) is 23.3. The topological polar surface area (TPSA) is 35.6 Å². The normalized spacial score (nSPS) is 10.9. The quantitative estimate of drug-likeness (QED) is 0.150. The average Bonchev–Trinajstić information content (AvgIpc) is 3.80. The zero-order chi connectivity index (χ0) is 33.6. The monoisotopic (exact) mass is 819 g/mol. The van der Waals surface area contributed by atoms with Crippen LogP contribution >= 0.6 is 0 Å². The molecule has 0 atom stereocenters. The molecule has 4 nitrogen and oxygen atoms in total. The number of nitrogens with zero attached hydrogens (tertiary/aromatic N) is 4. The Morgan fingerprint density at radius 3 is 1.45 bits per heavy atom. The summed E-state index contributed by atoms with van der Waals surface area (Å²) in [7, 11) is 0. The molecular weight excluding hydrogens is 777 g/mol. The minimum absolute atomic E-state index is 0. The largest absolute Gasteiger partial charge is 0.340 e. The van der Waals surface area contributed by atoms with E-state index in [1.165, 1.54) is 44.8 Å². The summed E-state index contributed by atoms with van der Waals surface area (Å²) < 4.78 is 4.38. The van der Waals surface area contributed by atoms with Crippen molar-refractivity contribution in [3.8, 4) is 45.3 Å². The molecule has 0 N–H and O–H groups in total. The van der Waals surface area contributed by atoms with E-state index in [9.17, 15) is 0 Å². The van der Waals surface area contributed by atoms with Crippen molar-refractivity contribution in [3.05, 3.63) is 168 Å². The number of hydrogen-bond acceptors (Lipinski definition) is 2. The van der Waals surface area contributed by atoms with Crippen molar-refractivity contribution in [1.29, 1.82) is 0 Å². The molecule has 5 heteroatoms. The first-order valence-electron chi connectivity index (χ1n) is 16.6. The first-order valence-corrected chi connectivity index (χ1v) is 16.6. The Balaban J connectivity index is 0.000000203. The Morgan fingerprint density at radius 2 is 1.00 bits per heavy atom. The molecule has 7 aromatic rings. The molecule has 2 aromatic heterocycles. The molecule has 1 radical (unpaired) electrons. The molecule has 0 unspecified atom stereocenters. The molecule has 7 rings (SSSR count). The van der Waals surface area contributed by atoms with Gasteiger partial charge in [-0.05, 0) is 71.2 Å². The summed E-state index contributed by atoms with van der Waals surface area (Å²) in [4.78, 5) is 9.15. The van der Waals surface area contributed by atoms with Crippen molar-refractivity contribution in [1.82, 2.24) is 19.1 Å². The number of aryl methyl sites for hydroxylation is 2. The minimum Gasteiger partial charge on any atom is -0.340 e. The van der Waals surface area contributed by atoms with Crippen molar-refractivity contribution >= 4 is 0 Å². The fourth-order valence-corrected chi connectivity index (χ4v) is 6.25. The standard InChI is InChI=1S/C27H27N2.C17H15N2.Ir/c1-19(2)24-17-23(21-11-7-5-8-12-21)18-25(20(3)4)26(24)29-16-15-28-27(29)22-13-9-6-10-14-22;1-13-7-6-8-14(2)16(13)19-12-11-18-17(19)15-9-4-3-5-10-15;/h5-13,15-20H,1-4H3;3-9,11-12H,1-2H3;/q2*-1;. The van der Waals surface area contributed by atoms with Crippen LogP contribution in [0.4, 0.5) is 0 Å². The van der Waals surface area contributed by atoms with Gasteiger partial charge in [-0.2, -0.15) is 0 Å². The van der Waals surface area contributed by atoms with E-state index in [0.717, 1.165) is 22.8 Å².